The highest BCUT2D eigenvalue weighted by molar-refractivity contribution is 5.84. The van der Waals surface area contributed by atoms with Gasteiger partial charge in [0.25, 0.3) is 0 Å². The lowest BCUT2D eigenvalue weighted by molar-refractivity contribution is -0.133. The van der Waals surface area contributed by atoms with Crippen LogP contribution in [-0.2, 0) is 4.79 Å². The van der Waals surface area contributed by atoms with Crippen molar-refractivity contribution < 1.29 is 9.90 Å². The van der Waals surface area contributed by atoms with E-state index in [2.05, 4.69) is 17.6 Å². The lowest BCUT2D eigenvalue weighted by Gasteiger charge is -2.34. The number of amides is 1. The molecule has 0 spiro atoms. The summed E-state index contributed by atoms with van der Waals surface area (Å²) in [6.07, 6.45) is 5.84. The van der Waals surface area contributed by atoms with Crippen molar-refractivity contribution in [2.24, 2.45) is 5.41 Å². The Hall–Kier alpha value is -0.610. The molecule has 0 aromatic carbocycles. The Bertz CT molecular complexity index is 279. The fourth-order valence-electron chi connectivity index (χ4n) is 3.15. The largest absolute Gasteiger partial charge is 0.394 e. The van der Waals surface area contributed by atoms with Gasteiger partial charge in [-0.15, -0.1) is 0 Å². The third-order valence-electron chi connectivity index (χ3n) is 4.64. The Balaban J connectivity index is 2.04. The van der Waals surface area contributed by atoms with Gasteiger partial charge < -0.3 is 15.7 Å². The molecule has 0 aromatic rings. The SMILES string of the molecule is CCC1(C(=O)NC2(CO)CCCC2)CCNC1. The summed E-state index contributed by atoms with van der Waals surface area (Å²) in [5.74, 6) is 0.140. The smallest absolute Gasteiger partial charge is 0.228 e. The quantitative estimate of drug-likeness (QED) is 0.681. The number of hydrogen-bond donors (Lipinski definition) is 3. The van der Waals surface area contributed by atoms with Gasteiger partial charge in [0, 0.05) is 6.54 Å². The number of nitrogens with one attached hydrogen (secondary N) is 2. The third kappa shape index (κ3) is 2.33. The monoisotopic (exact) mass is 240 g/mol. The number of hydrogen-bond acceptors (Lipinski definition) is 3. The zero-order chi connectivity index (χ0) is 12.4. The summed E-state index contributed by atoms with van der Waals surface area (Å²) in [5.41, 5.74) is -0.577. The first-order chi connectivity index (χ1) is 8.16. The molecule has 2 rings (SSSR count). The van der Waals surface area contributed by atoms with Crippen molar-refractivity contribution in [1.82, 2.24) is 10.6 Å². The predicted octanol–water partition coefficient (Wildman–Crippen LogP) is 0.797. The maximum absolute atomic E-state index is 12.5. The number of aliphatic hydroxyl groups excluding tert-OH is 1. The Morgan fingerprint density at radius 2 is 2.06 bits per heavy atom. The van der Waals surface area contributed by atoms with E-state index in [4.69, 9.17) is 0 Å². The van der Waals surface area contributed by atoms with E-state index in [9.17, 15) is 9.90 Å². The summed E-state index contributed by atoms with van der Waals surface area (Å²) in [6.45, 7) is 3.85. The zero-order valence-electron chi connectivity index (χ0n) is 10.7. The van der Waals surface area contributed by atoms with Crippen molar-refractivity contribution in [2.75, 3.05) is 19.7 Å². The fraction of sp³-hybridized carbons (Fsp3) is 0.923. The molecule has 1 atom stereocenters. The standard InChI is InChI=1S/C13H24N2O2/c1-2-12(7-8-14-9-12)11(17)15-13(10-16)5-3-4-6-13/h14,16H,2-10H2,1H3,(H,15,17). The van der Waals surface area contributed by atoms with E-state index in [0.29, 0.717) is 0 Å². The highest BCUT2D eigenvalue weighted by atomic mass is 16.3. The van der Waals surface area contributed by atoms with Crippen LogP contribution < -0.4 is 10.6 Å². The minimum atomic E-state index is -0.332. The molecule has 2 fully saturated rings. The summed E-state index contributed by atoms with van der Waals surface area (Å²) < 4.78 is 0. The molecule has 1 aliphatic carbocycles. The van der Waals surface area contributed by atoms with Crippen molar-refractivity contribution in [1.29, 1.82) is 0 Å². The molecule has 0 radical (unpaired) electrons. The second kappa shape index (κ2) is 4.94. The minimum Gasteiger partial charge on any atom is -0.394 e. The van der Waals surface area contributed by atoms with Crippen LogP contribution in [0, 0.1) is 5.41 Å². The molecule has 0 bridgehead atoms. The molecule has 1 amide bonds. The van der Waals surface area contributed by atoms with Crippen molar-refractivity contribution in [2.45, 2.75) is 51.0 Å². The maximum atomic E-state index is 12.5. The van der Waals surface area contributed by atoms with Gasteiger partial charge in [-0.1, -0.05) is 19.8 Å². The Morgan fingerprint density at radius 1 is 1.35 bits per heavy atom. The van der Waals surface area contributed by atoms with E-state index in [1.807, 2.05) is 0 Å². The van der Waals surface area contributed by atoms with Crippen molar-refractivity contribution in [3.05, 3.63) is 0 Å². The van der Waals surface area contributed by atoms with Gasteiger partial charge >= 0.3 is 0 Å². The van der Waals surface area contributed by atoms with E-state index in [-0.39, 0.29) is 23.5 Å². The summed E-state index contributed by atoms with van der Waals surface area (Å²) in [4.78, 5) is 12.5. The second-order valence-electron chi connectivity index (χ2n) is 5.66. The van der Waals surface area contributed by atoms with E-state index < -0.39 is 0 Å². The van der Waals surface area contributed by atoms with Gasteiger partial charge in [0.1, 0.15) is 0 Å². The molecule has 2 aliphatic rings. The van der Waals surface area contributed by atoms with Gasteiger partial charge in [0.15, 0.2) is 0 Å². The normalized spacial score (nSPS) is 31.6. The third-order valence-corrected chi connectivity index (χ3v) is 4.64. The molecule has 4 nitrogen and oxygen atoms in total. The lowest BCUT2D eigenvalue weighted by Crippen LogP contribution is -2.54. The molecule has 98 valence electrons. The number of aliphatic hydroxyl groups is 1. The first-order valence-electron chi connectivity index (χ1n) is 6.81. The molecule has 0 aromatic heterocycles. The molecular weight excluding hydrogens is 216 g/mol. The van der Waals surface area contributed by atoms with Crippen LogP contribution in [0.1, 0.15) is 45.4 Å². The molecule has 1 heterocycles. The van der Waals surface area contributed by atoms with Gasteiger partial charge in [-0.05, 0) is 32.2 Å². The van der Waals surface area contributed by atoms with Crippen molar-refractivity contribution in [3.63, 3.8) is 0 Å². The van der Waals surface area contributed by atoms with Crippen LogP contribution in [0.4, 0.5) is 0 Å². The maximum Gasteiger partial charge on any atom is 0.228 e. The van der Waals surface area contributed by atoms with Gasteiger partial charge in [0.2, 0.25) is 5.91 Å². The number of carbonyl (C=O) groups is 1. The van der Waals surface area contributed by atoms with Crippen LogP contribution in [0.5, 0.6) is 0 Å². The van der Waals surface area contributed by atoms with E-state index in [1.165, 1.54) is 0 Å². The second-order valence-corrected chi connectivity index (χ2v) is 5.66. The Labute approximate surface area is 103 Å². The molecule has 1 unspecified atom stereocenters. The minimum absolute atomic E-state index is 0.0754. The first-order valence-corrected chi connectivity index (χ1v) is 6.81. The van der Waals surface area contributed by atoms with E-state index in [1.54, 1.807) is 0 Å². The first kappa shape index (κ1) is 12.8. The van der Waals surface area contributed by atoms with Gasteiger partial charge in [0.05, 0.1) is 17.6 Å². The molecule has 1 aliphatic heterocycles. The average Bonchev–Trinajstić information content (AvgIpc) is 2.98. The van der Waals surface area contributed by atoms with E-state index >= 15 is 0 Å². The average molecular weight is 240 g/mol. The summed E-state index contributed by atoms with van der Waals surface area (Å²) >= 11 is 0. The predicted molar refractivity (Wildman–Crippen MR) is 66.6 cm³/mol. The fourth-order valence-corrected chi connectivity index (χ4v) is 3.15. The summed E-state index contributed by atoms with van der Waals surface area (Å²) in [7, 11) is 0. The van der Waals surface area contributed by atoms with Crippen molar-refractivity contribution in [3.8, 4) is 0 Å². The molecular formula is C13H24N2O2. The van der Waals surface area contributed by atoms with Crippen LogP contribution >= 0.6 is 0 Å². The van der Waals surface area contributed by atoms with Crippen LogP contribution in [0.3, 0.4) is 0 Å². The summed E-state index contributed by atoms with van der Waals surface area (Å²) in [6, 6.07) is 0. The van der Waals surface area contributed by atoms with Crippen LogP contribution in [0.25, 0.3) is 0 Å². The van der Waals surface area contributed by atoms with Crippen LogP contribution in [-0.4, -0.2) is 36.2 Å². The number of carbonyl (C=O) groups excluding carboxylic acids is 1. The number of rotatable bonds is 4. The highest BCUT2D eigenvalue weighted by Crippen LogP contribution is 2.34. The van der Waals surface area contributed by atoms with Crippen molar-refractivity contribution >= 4 is 5.91 Å². The lowest BCUT2D eigenvalue weighted by atomic mass is 9.82. The molecule has 3 N–H and O–H groups in total. The highest BCUT2D eigenvalue weighted by Gasteiger charge is 2.44. The van der Waals surface area contributed by atoms with Gasteiger partial charge in [-0.2, -0.15) is 0 Å². The molecule has 4 heteroatoms. The molecule has 1 saturated heterocycles. The molecule has 1 saturated carbocycles. The summed E-state index contributed by atoms with van der Waals surface area (Å²) in [5, 5.41) is 16.0. The van der Waals surface area contributed by atoms with Crippen LogP contribution in [0.2, 0.25) is 0 Å². The zero-order valence-corrected chi connectivity index (χ0v) is 10.7. The van der Waals surface area contributed by atoms with E-state index in [0.717, 1.165) is 51.6 Å². The van der Waals surface area contributed by atoms with Gasteiger partial charge in [-0.3, -0.25) is 4.79 Å². The van der Waals surface area contributed by atoms with Crippen LogP contribution in [0.15, 0.2) is 0 Å². The van der Waals surface area contributed by atoms with Gasteiger partial charge in [-0.25, -0.2) is 0 Å². The Morgan fingerprint density at radius 3 is 2.53 bits per heavy atom. The Kier molecular flexibility index (Phi) is 3.73. The topological polar surface area (TPSA) is 61.4 Å². The molecule has 17 heavy (non-hydrogen) atoms.